The van der Waals surface area contributed by atoms with Crippen LogP contribution in [0, 0.1) is 6.92 Å². The number of nitrogens with zero attached hydrogens (tertiary/aromatic N) is 2. The fourth-order valence-corrected chi connectivity index (χ4v) is 4.89. The summed E-state index contributed by atoms with van der Waals surface area (Å²) in [5, 5.41) is 5.39. The number of ether oxygens (including phenoxy) is 1. The number of thiophene rings is 1. The molecule has 0 bridgehead atoms. The van der Waals surface area contributed by atoms with Crippen molar-refractivity contribution in [2.75, 3.05) is 19.7 Å². The van der Waals surface area contributed by atoms with Crippen LogP contribution in [0.25, 0.3) is 0 Å². The van der Waals surface area contributed by atoms with E-state index in [4.69, 9.17) is 9.26 Å². The lowest BCUT2D eigenvalue weighted by Crippen LogP contribution is -2.47. The van der Waals surface area contributed by atoms with Crippen LogP contribution >= 0.6 is 11.3 Å². The lowest BCUT2D eigenvalue weighted by Gasteiger charge is -2.32. The molecule has 0 aliphatic carbocycles. The van der Waals surface area contributed by atoms with E-state index < -0.39 is 10.0 Å². The Bertz CT molecular complexity index is 808. The number of carbonyl (C=O) groups excluding carboxylic acids is 1. The van der Waals surface area contributed by atoms with Gasteiger partial charge in [0.05, 0.1) is 0 Å². The molecule has 1 fully saturated rings. The number of sulfonamides is 1. The zero-order valence-corrected chi connectivity index (χ0v) is 15.3. The van der Waals surface area contributed by atoms with Crippen LogP contribution in [-0.2, 0) is 14.8 Å². The molecule has 0 saturated carbocycles. The van der Waals surface area contributed by atoms with Gasteiger partial charge in [0.1, 0.15) is 9.97 Å². The molecule has 2 aromatic heterocycles. The number of aryl methyl sites for hydroxylation is 1. The number of hydrogen-bond acceptors (Lipinski definition) is 7. The van der Waals surface area contributed by atoms with E-state index in [0.29, 0.717) is 35.9 Å². The van der Waals surface area contributed by atoms with Crippen molar-refractivity contribution in [3.8, 4) is 5.88 Å². The maximum absolute atomic E-state index is 12.2. The highest BCUT2D eigenvalue weighted by Gasteiger charge is 2.27. The zero-order valence-electron chi connectivity index (χ0n) is 13.7. The molecule has 1 aliphatic heterocycles. The van der Waals surface area contributed by atoms with Crippen LogP contribution in [0.15, 0.2) is 32.3 Å². The summed E-state index contributed by atoms with van der Waals surface area (Å²) < 4.78 is 37.6. The number of carbonyl (C=O) groups is 1. The van der Waals surface area contributed by atoms with Gasteiger partial charge in [-0.15, -0.1) is 11.3 Å². The molecule has 1 amide bonds. The van der Waals surface area contributed by atoms with E-state index in [0.717, 1.165) is 0 Å². The number of aromatic nitrogens is 1. The molecule has 0 unspecified atom stereocenters. The summed E-state index contributed by atoms with van der Waals surface area (Å²) in [7, 11) is -3.48. The monoisotopic (exact) mass is 385 g/mol. The molecule has 1 aliphatic rings. The van der Waals surface area contributed by atoms with Gasteiger partial charge in [-0.1, -0.05) is 6.07 Å². The van der Waals surface area contributed by atoms with Gasteiger partial charge in [0.25, 0.3) is 11.8 Å². The number of nitrogens with one attached hydrogen (secondary N) is 1. The molecule has 0 aromatic carbocycles. The van der Waals surface area contributed by atoms with Gasteiger partial charge in [-0.3, -0.25) is 4.79 Å². The maximum Gasteiger partial charge on any atom is 0.260 e. The molecule has 3 heterocycles. The normalized spacial score (nSPS) is 16.1. The van der Waals surface area contributed by atoms with Gasteiger partial charge in [-0.25, -0.2) is 13.1 Å². The Morgan fingerprint density at radius 1 is 1.48 bits per heavy atom. The van der Waals surface area contributed by atoms with Crippen molar-refractivity contribution < 1.29 is 22.5 Å². The lowest BCUT2D eigenvalue weighted by atomic mass is 10.1. The molecule has 0 spiro atoms. The first-order valence-corrected chi connectivity index (χ1v) is 10.2. The second kappa shape index (κ2) is 7.54. The Hall–Kier alpha value is -1.91. The van der Waals surface area contributed by atoms with E-state index in [9.17, 15) is 13.2 Å². The van der Waals surface area contributed by atoms with Crippen LogP contribution in [0.3, 0.4) is 0 Å². The summed E-state index contributed by atoms with van der Waals surface area (Å²) in [4.78, 5) is 13.8. The van der Waals surface area contributed by atoms with Gasteiger partial charge in [0.2, 0.25) is 10.0 Å². The van der Waals surface area contributed by atoms with E-state index in [1.54, 1.807) is 35.4 Å². The predicted octanol–water partition coefficient (Wildman–Crippen LogP) is 1.39. The fraction of sp³-hybridized carbons (Fsp3) is 0.467. The quantitative estimate of drug-likeness (QED) is 0.806. The summed E-state index contributed by atoms with van der Waals surface area (Å²) in [6.45, 7) is 2.59. The van der Waals surface area contributed by atoms with E-state index in [-0.39, 0.29) is 24.4 Å². The first-order chi connectivity index (χ1) is 11.9. The van der Waals surface area contributed by atoms with E-state index >= 15 is 0 Å². The number of piperidine rings is 1. The average Bonchev–Trinajstić information content (AvgIpc) is 3.25. The number of likely N-dealkylation sites (tertiary alicyclic amines) is 1. The summed E-state index contributed by atoms with van der Waals surface area (Å²) in [5.41, 5.74) is 0. The highest BCUT2D eigenvalue weighted by molar-refractivity contribution is 7.91. The van der Waals surface area contributed by atoms with Crippen molar-refractivity contribution in [2.45, 2.75) is 30.0 Å². The third-order valence-electron chi connectivity index (χ3n) is 3.88. The number of amides is 1. The molecular weight excluding hydrogens is 366 g/mol. The summed E-state index contributed by atoms with van der Waals surface area (Å²) in [6.07, 6.45) is 1.14. The minimum Gasteiger partial charge on any atom is -0.465 e. The second-order valence-corrected chi connectivity index (χ2v) is 8.66. The van der Waals surface area contributed by atoms with Crippen LogP contribution in [0.4, 0.5) is 0 Å². The van der Waals surface area contributed by atoms with E-state index in [2.05, 4.69) is 9.88 Å². The SMILES string of the molecule is Cc1cc(OCC(=O)N2CCC(NS(=O)(=O)c3cccs3)CC2)no1. The second-order valence-electron chi connectivity index (χ2n) is 5.77. The third-order valence-corrected chi connectivity index (χ3v) is 6.80. The van der Waals surface area contributed by atoms with Crippen LogP contribution in [-0.4, -0.2) is 50.1 Å². The van der Waals surface area contributed by atoms with Gasteiger partial charge in [-0.05, 0) is 36.4 Å². The molecular formula is C15H19N3O5S2. The van der Waals surface area contributed by atoms with Crippen LogP contribution in [0.5, 0.6) is 5.88 Å². The van der Waals surface area contributed by atoms with E-state index in [1.807, 2.05) is 0 Å². The average molecular weight is 385 g/mol. The van der Waals surface area contributed by atoms with Crippen molar-refractivity contribution in [1.29, 1.82) is 0 Å². The fourth-order valence-electron chi connectivity index (χ4n) is 2.58. The molecule has 1 N–H and O–H groups in total. The van der Waals surface area contributed by atoms with Crippen molar-refractivity contribution in [2.24, 2.45) is 0 Å². The van der Waals surface area contributed by atoms with Crippen LogP contribution in [0.2, 0.25) is 0 Å². The molecule has 25 heavy (non-hydrogen) atoms. The molecule has 1 saturated heterocycles. The first-order valence-electron chi connectivity index (χ1n) is 7.84. The van der Waals surface area contributed by atoms with Crippen LogP contribution < -0.4 is 9.46 Å². The summed E-state index contributed by atoms with van der Waals surface area (Å²) >= 11 is 1.18. The van der Waals surface area contributed by atoms with Gasteiger partial charge < -0.3 is 14.2 Å². The summed E-state index contributed by atoms with van der Waals surface area (Å²) in [5.74, 6) is 0.742. The van der Waals surface area contributed by atoms with E-state index in [1.165, 1.54) is 11.3 Å². The third kappa shape index (κ3) is 4.59. The number of hydrogen-bond donors (Lipinski definition) is 1. The topological polar surface area (TPSA) is 102 Å². The highest BCUT2D eigenvalue weighted by Crippen LogP contribution is 2.19. The zero-order chi connectivity index (χ0) is 17.9. The van der Waals surface area contributed by atoms with Gasteiger partial charge >= 0.3 is 0 Å². The number of rotatable bonds is 6. The van der Waals surface area contributed by atoms with Crippen molar-refractivity contribution in [3.63, 3.8) is 0 Å². The molecule has 136 valence electrons. The molecule has 0 radical (unpaired) electrons. The summed E-state index contributed by atoms with van der Waals surface area (Å²) in [6, 6.07) is 4.72. The Labute approximate surface area is 149 Å². The first kappa shape index (κ1) is 17.9. The highest BCUT2D eigenvalue weighted by atomic mass is 32.2. The lowest BCUT2D eigenvalue weighted by molar-refractivity contribution is -0.134. The van der Waals surface area contributed by atoms with Gasteiger partial charge in [-0.2, -0.15) is 0 Å². The molecule has 3 rings (SSSR count). The van der Waals surface area contributed by atoms with Gasteiger partial charge in [0.15, 0.2) is 6.61 Å². The minimum absolute atomic E-state index is 0.114. The Morgan fingerprint density at radius 2 is 2.24 bits per heavy atom. The molecule has 0 atom stereocenters. The van der Waals surface area contributed by atoms with Crippen molar-refractivity contribution in [1.82, 2.24) is 14.8 Å². The standard InChI is InChI=1S/C15H19N3O5S2/c1-11-9-13(16-23-11)22-10-14(19)18-6-4-12(5-7-18)17-25(20,21)15-3-2-8-24-15/h2-3,8-9,12,17H,4-7,10H2,1H3. The van der Waals surface area contributed by atoms with Gasteiger partial charge in [0, 0.05) is 25.2 Å². The molecule has 8 nitrogen and oxygen atoms in total. The van der Waals surface area contributed by atoms with Crippen LogP contribution in [0.1, 0.15) is 18.6 Å². The smallest absolute Gasteiger partial charge is 0.260 e. The Morgan fingerprint density at radius 3 is 2.84 bits per heavy atom. The largest absolute Gasteiger partial charge is 0.465 e. The Balaban J connectivity index is 1.46. The van der Waals surface area contributed by atoms with Crippen molar-refractivity contribution >= 4 is 27.3 Å². The maximum atomic E-state index is 12.2. The molecule has 2 aromatic rings. The Kier molecular flexibility index (Phi) is 5.40. The molecule has 10 heteroatoms. The van der Waals surface area contributed by atoms with Crippen molar-refractivity contribution in [3.05, 3.63) is 29.3 Å². The minimum atomic E-state index is -3.48. The predicted molar refractivity (Wildman–Crippen MR) is 91.0 cm³/mol.